The van der Waals surface area contributed by atoms with E-state index in [2.05, 4.69) is 19.2 Å². The van der Waals surface area contributed by atoms with Gasteiger partial charge in [0.1, 0.15) is 0 Å². The standard InChI is InChI=1S/C13H26N2O/c1-3-4-5-6-8-11(2)15-12(16)13(14)9-7-10-13/h11H,3-10,14H2,1-2H3,(H,15,16). The van der Waals surface area contributed by atoms with E-state index in [9.17, 15) is 4.79 Å². The molecule has 0 heterocycles. The van der Waals surface area contributed by atoms with Gasteiger partial charge in [0.15, 0.2) is 0 Å². The monoisotopic (exact) mass is 226 g/mol. The maximum absolute atomic E-state index is 11.8. The number of rotatable bonds is 7. The maximum Gasteiger partial charge on any atom is 0.240 e. The molecule has 3 nitrogen and oxygen atoms in total. The molecule has 1 aliphatic carbocycles. The highest BCUT2D eigenvalue weighted by atomic mass is 16.2. The lowest BCUT2D eigenvalue weighted by molar-refractivity contribution is -0.129. The van der Waals surface area contributed by atoms with Crippen molar-refractivity contribution in [3.8, 4) is 0 Å². The van der Waals surface area contributed by atoms with E-state index < -0.39 is 5.54 Å². The summed E-state index contributed by atoms with van der Waals surface area (Å²) in [7, 11) is 0. The molecular weight excluding hydrogens is 200 g/mol. The molecule has 16 heavy (non-hydrogen) atoms. The quantitative estimate of drug-likeness (QED) is 0.655. The fourth-order valence-corrected chi connectivity index (χ4v) is 2.10. The van der Waals surface area contributed by atoms with Gasteiger partial charge in [-0.25, -0.2) is 0 Å². The van der Waals surface area contributed by atoms with E-state index in [0.29, 0.717) is 0 Å². The number of unbranched alkanes of at least 4 members (excludes halogenated alkanes) is 3. The van der Waals surface area contributed by atoms with Crippen LogP contribution in [0, 0.1) is 0 Å². The van der Waals surface area contributed by atoms with Crippen LogP contribution in [0.4, 0.5) is 0 Å². The van der Waals surface area contributed by atoms with Crippen LogP contribution >= 0.6 is 0 Å². The van der Waals surface area contributed by atoms with Gasteiger partial charge in [0.05, 0.1) is 5.54 Å². The SMILES string of the molecule is CCCCCCC(C)NC(=O)C1(N)CCC1. The molecule has 1 atom stereocenters. The van der Waals surface area contributed by atoms with Crippen molar-refractivity contribution in [3.05, 3.63) is 0 Å². The van der Waals surface area contributed by atoms with Gasteiger partial charge in [0, 0.05) is 6.04 Å². The number of carbonyl (C=O) groups excluding carboxylic acids is 1. The summed E-state index contributed by atoms with van der Waals surface area (Å²) in [5.74, 6) is 0.0572. The molecule has 1 saturated carbocycles. The van der Waals surface area contributed by atoms with Crippen LogP contribution in [0.2, 0.25) is 0 Å². The Balaban J connectivity index is 2.13. The predicted octanol–water partition coefficient (Wildman–Crippen LogP) is 2.34. The van der Waals surface area contributed by atoms with Crippen molar-refractivity contribution < 1.29 is 4.79 Å². The summed E-state index contributed by atoms with van der Waals surface area (Å²) in [5, 5.41) is 3.04. The Morgan fingerprint density at radius 3 is 2.56 bits per heavy atom. The third kappa shape index (κ3) is 3.78. The second kappa shape index (κ2) is 6.24. The van der Waals surface area contributed by atoms with Crippen LogP contribution in [0.5, 0.6) is 0 Å². The van der Waals surface area contributed by atoms with Crippen LogP contribution in [0.15, 0.2) is 0 Å². The summed E-state index contributed by atoms with van der Waals surface area (Å²) in [6, 6.07) is 0.269. The van der Waals surface area contributed by atoms with Gasteiger partial charge < -0.3 is 11.1 Å². The summed E-state index contributed by atoms with van der Waals surface area (Å²) < 4.78 is 0. The van der Waals surface area contributed by atoms with Gasteiger partial charge >= 0.3 is 0 Å². The van der Waals surface area contributed by atoms with Gasteiger partial charge in [-0.2, -0.15) is 0 Å². The number of nitrogens with one attached hydrogen (secondary N) is 1. The summed E-state index contributed by atoms with van der Waals surface area (Å²) >= 11 is 0. The highest BCUT2D eigenvalue weighted by molar-refractivity contribution is 5.87. The van der Waals surface area contributed by atoms with Gasteiger partial charge in [0.25, 0.3) is 0 Å². The Hall–Kier alpha value is -0.570. The predicted molar refractivity (Wildman–Crippen MR) is 67.1 cm³/mol. The molecule has 0 aromatic carbocycles. The van der Waals surface area contributed by atoms with E-state index in [-0.39, 0.29) is 11.9 Å². The minimum Gasteiger partial charge on any atom is -0.352 e. The average molecular weight is 226 g/mol. The van der Waals surface area contributed by atoms with Crippen LogP contribution in [-0.2, 0) is 4.79 Å². The molecule has 1 aliphatic rings. The molecule has 1 unspecified atom stereocenters. The lowest BCUT2D eigenvalue weighted by atomic mass is 9.77. The first-order valence-electron chi connectivity index (χ1n) is 6.68. The van der Waals surface area contributed by atoms with Gasteiger partial charge in [-0.3, -0.25) is 4.79 Å². The third-order valence-corrected chi connectivity index (χ3v) is 3.57. The van der Waals surface area contributed by atoms with E-state index in [1.54, 1.807) is 0 Å². The van der Waals surface area contributed by atoms with Gasteiger partial charge in [-0.05, 0) is 32.6 Å². The summed E-state index contributed by atoms with van der Waals surface area (Å²) in [6.07, 6.45) is 8.88. The van der Waals surface area contributed by atoms with Crippen LogP contribution in [0.1, 0.15) is 65.2 Å². The molecule has 1 rings (SSSR count). The number of amides is 1. The Morgan fingerprint density at radius 1 is 1.38 bits per heavy atom. The Labute approximate surface area is 99.2 Å². The summed E-state index contributed by atoms with van der Waals surface area (Å²) in [6.45, 7) is 4.28. The average Bonchev–Trinajstić information content (AvgIpc) is 2.21. The van der Waals surface area contributed by atoms with Crippen LogP contribution in [-0.4, -0.2) is 17.5 Å². The van der Waals surface area contributed by atoms with Crippen molar-refractivity contribution in [3.63, 3.8) is 0 Å². The first kappa shape index (κ1) is 13.5. The first-order chi connectivity index (χ1) is 7.58. The van der Waals surface area contributed by atoms with E-state index in [0.717, 1.165) is 25.7 Å². The Kier molecular flexibility index (Phi) is 5.26. The minimum atomic E-state index is -0.544. The molecule has 0 spiro atoms. The van der Waals surface area contributed by atoms with Gasteiger partial charge in [-0.15, -0.1) is 0 Å². The van der Waals surface area contributed by atoms with Crippen LogP contribution < -0.4 is 11.1 Å². The molecule has 3 N–H and O–H groups in total. The Bertz CT molecular complexity index is 224. The molecule has 0 aliphatic heterocycles. The van der Waals surface area contributed by atoms with Crippen LogP contribution in [0.3, 0.4) is 0 Å². The van der Waals surface area contributed by atoms with Crippen molar-refractivity contribution in [1.82, 2.24) is 5.32 Å². The zero-order chi connectivity index (χ0) is 12.0. The van der Waals surface area contributed by atoms with Gasteiger partial charge in [0.2, 0.25) is 5.91 Å². The molecule has 0 radical (unpaired) electrons. The summed E-state index contributed by atoms with van der Waals surface area (Å²) in [4.78, 5) is 11.8. The molecule has 0 aromatic rings. The third-order valence-electron chi connectivity index (χ3n) is 3.57. The lowest BCUT2D eigenvalue weighted by Gasteiger charge is -2.37. The molecule has 94 valence electrons. The van der Waals surface area contributed by atoms with Crippen LogP contribution in [0.25, 0.3) is 0 Å². The fourth-order valence-electron chi connectivity index (χ4n) is 2.10. The number of hydrogen-bond acceptors (Lipinski definition) is 2. The molecule has 3 heteroatoms. The number of nitrogens with two attached hydrogens (primary N) is 1. The zero-order valence-corrected chi connectivity index (χ0v) is 10.7. The highest BCUT2D eigenvalue weighted by Crippen LogP contribution is 2.29. The minimum absolute atomic E-state index is 0.0572. The second-order valence-corrected chi connectivity index (χ2v) is 5.23. The van der Waals surface area contributed by atoms with Crippen molar-refractivity contribution in [2.45, 2.75) is 76.8 Å². The number of hydrogen-bond donors (Lipinski definition) is 2. The molecule has 1 amide bonds. The normalized spacial score (nSPS) is 19.9. The van der Waals surface area contributed by atoms with Crippen molar-refractivity contribution >= 4 is 5.91 Å². The van der Waals surface area contributed by atoms with E-state index >= 15 is 0 Å². The lowest BCUT2D eigenvalue weighted by Crippen LogP contribution is -2.59. The molecule has 0 aromatic heterocycles. The second-order valence-electron chi connectivity index (χ2n) is 5.23. The fraction of sp³-hybridized carbons (Fsp3) is 0.923. The highest BCUT2D eigenvalue weighted by Gasteiger charge is 2.40. The van der Waals surface area contributed by atoms with Gasteiger partial charge in [-0.1, -0.05) is 32.6 Å². The molecule has 1 fully saturated rings. The smallest absolute Gasteiger partial charge is 0.240 e. The number of carbonyl (C=O) groups is 1. The largest absolute Gasteiger partial charge is 0.352 e. The zero-order valence-electron chi connectivity index (χ0n) is 10.7. The molecular formula is C13H26N2O. The van der Waals surface area contributed by atoms with E-state index in [1.165, 1.54) is 25.7 Å². The van der Waals surface area contributed by atoms with Crippen molar-refractivity contribution in [2.75, 3.05) is 0 Å². The molecule has 0 saturated heterocycles. The van der Waals surface area contributed by atoms with E-state index in [1.807, 2.05) is 0 Å². The first-order valence-corrected chi connectivity index (χ1v) is 6.68. The summed E-state index contributed by atoms with van der Waals surface area (Å²) in [5.41, 5.74) is 5.41. The maximum atomic E-state index is 11.8. The molecule has 0 bridgehead atoms. The Morgan fingerprint density at radius 2 is 2.06 bits per heavy atom. The topological polar surface area (TPSA) is 55.1 Å². The van der Waals surface area contributed by atoms with E-state index in [4.69, 9.17) is 5.73 Å². The van der Waals surface area contributed by atoms with Crippen molar-refractivity contribution in [1.29, 1.82) is 0 Å². The van der Waals surface area contributed by atoms with Crippen molar-refractivity contribution in [2.24, 2.45) is 5.73 Å².